The molecule has 0 bridgehead atoms. The fraction of sp³-hybridized carbons (Fsp3) is 0.167. The summed E-state index contributed by atoms with van der Waals surface area (Å²) in [5, 5.41) is 0. The molecule has 0 saturated heterocycles. The molecule has 0 atom stereocenters. The molecule has 0 spiro atoms. The van der Waals surface area contributed by atoms with E-state index in [4.69, 9.17) is 0 Å². The van der Waals surface area contributed by atoms with Gasteiger partial charge in [0.1, 0.15) is 6.29 Å². The Kier molecular flexibility index (Phi) is 4.15. The molecule has 0 aromatic carbocycles. The number of aldehydes is 1. The average molecular weight is 118 g/mol. The summed E-state index contributed by atoms with van der Waals surface area (Å²) in [7, 11) is 0. The molecular formula is C6H7NaO. The summed E-state index contributed by atoms with van der Waals surface area (Å²) < 4.78 is 0. The molecule has 0 aromatic rings. The summed E-state index contributed by atoms with van der Waals surface area (Å²) in [6.45, 7) is 0. The molecule has 0 aliphatic heterocycles. The molecule has 0 fully saturated rings. The molecule has 1 aliphatic rings. The van der Waals surface area contributed by atoms with Crippen LogP contribution in [0.15, 0.2) is 23.8 Å². The molecule has 0 aromatic heterocycles. The zero-order valence-electron chi connectivity index (χ0n) is 3.92. The van der Waals surface area contributed by atoms with Gasteiger partial charge >= 0.3 is 29.6 Å². The molecule has 8 heavy (non-hydrogen) atoms. The Balaban J connectivity index is 0.000000490. The fourth-order valence-electron chi connectivity index (χ4n) is 0.551. The molecule has 0 radical (unpaired) electrons. The van der Waals surface area contributed by atoms with Gasteiger partial charge in [-0.3, -0.25) is 4.79 Å². The standard InChI is InChI=1S/C6H6O.Na.H/c7-5-6-3-1-2-4-6;;/h1-3,5H,4H2;;. The number of hydrogen-bond acceptors (Lipinski definition) is 1. The van der Waals surface area contributed by atoms with Crippen molar-refractivity contribution < 1.29 is 4.79 Å². The molecule has 0 heterocycles. The van der Waals surface area contributed by atoms with Crippen LogP contribution in [0.1, 0.15) is 6.42 Å². The molecule has 2 heteroatoms. The maximum absolute atomic E-state index is 9.90. The molecule has 1 rings (SSSR count). The second-order valence-corrected chi connectivity index (χ2v) is 1.49. The predicted octanol–water partition coefficient (Wildman–Crippen LogP) is 0.423. The molecule has 0 amide bonds. The van der Waals surface area contributed by atoms with Crippen molar-refractivity contribution in [2.24, 2.45) is 0 Å². The first-order valence-corrected chi connectivity index (χ1v) is 2.24. The van der Waals surface area contributed by atoms with Gasteiger partial charge in [0.15, 0.2) is 0 Å². The quantitative estimate of drug-likeness (QED) is 0.360. The van der Waals surface area contributed by atoms with Gasteiger partial charge in [0, 0.05) is 0 Å². The third kappa shape index (κ3) is 1.95. The molecule has 1 aliphatic carbocycles. The van der Waals surface area contributed by atoms with Crippen molar-refractivity contribution in [1.29, 1.82) is 0 Å². The van der Waals surface area contributed by atoms with Crippen LogP contribution < -0.4 is 0 Å². The molecule has 0 N–H and O–H groups in total. The summed E-state index contributed by atoms with van der Waals surface area (Å²) in [5.74, 6) is 0. The summed E-state index contributed by atoms with van der Waals surface area (Å²) >= 11 is 0. The first kappa shape index (κ1) is 8.15. The first-order chi connectivity index (χ1) is 3.43. The molecule has 0 saturated carbocycles. The van der Waals surface area contributed by atoms with Gasteiger partial charge in [0.05, 0.1) is 0 Å². The Morgan fingerprint density at radius 1 is 1.62 bits per heavy atom. The molecule has 0 unspecified atom stereocenters. The van der Waals surface area contributed by atoms with E-state index in [9.17, 15) is 4.79 Å². The second kappa shape index (κ2) is 4.07. The van der Waals surface area contributed by atoms with Crippen LogP contribution in [-0.2, 0) is 4.79 Å². The summed E-state index contributed by atoms with van der Waals surface area (Å²) in [5.41, 5.74) is 0.875. The summed E-state index contributed by atoms with van der Waals surface area (Å²) in [6, 6.07) is 0. The molecule has 38 valence electrons. The topological polar surface area (TPSA) is 17.1 Å². The third-order valence-corrected chi connectivity index (χ3v) is 0.951. The van der Waals surface area contributed by atoms with Gasteiger partial charge in [0.25, 0.3) is 0 Å². The van der Waals surface area contributed by atoms with Crippen LogP contribution >= 0.6 is 0 Å². The van der Waals surface area contributed by atoms with Crippen LogP contribution in [0.2, 0.25) is 0 Å². The Morgan fingerprint density at radius 2 is 2.38 bits per heavy atom. The first-order valence-electron chi connectivity index (χ1n) is 2.24. The van der Waals surface area contributed by atoms with Crippen LogP contribution in [0.4, 0.5) is 0 Å². The van der Waals surface area contributed by atoms with Gasteiger partial charge in [-0.2, -0.15) is 0 Å². The summed E-state index contributed by atoms with van der Waals surface area (Å²) in [4.78, 5) is 9.90. The maximum atomic E-state index is 9.90. The normalized spacial score (nSPS) is 14.8. The van der Waals surface area contributed by atoms with Crippen molar-refractivity contribution in [3.63, 3.8) is 0 Å². The Bertz CT molecular complexity index is 135. The third-order valence-electron chi connectivity index (χ3n) is 0.951. The van der Waals surface area contributed by atoms with E-state index in [1.54, 1.807) is 0 Å². The number of carbonyl (C=O) groups excluding carboxylic acids is 1. The van der Waals surface area contributed by atoms with Crippen molar-refractivity contribution in [1.82, 2.24) is 0 Å². The van der Waals surface area contributed by atoms with Crippen molar-refractivity contribution >= 4 is 35.8 Å². The van der Waals surface area contributed by atoms with E-state index in [0.29, 0.717) is 0 Å². The SMILES string of the molecule is O=CC1=CC=CC1.[NaH]. The number of allylic oxidation sites excluding steroid dienone is 4. The molecular weight excluding hydrogens is 111 g/mol. The predicted molar refractivity (Wildman–Crippen MR) is 35.1 cm³/mol. The van der Waals surface area contributed by atoms with Gasteiger partial charge < -0.3 is 0 Å². The van der Waals surface area contributed by atoms with Crippen molar-refractivity contribution in [2.75, 3.05) is 0 Å². The van der Waals surface area contributed by atoms with E-state index in [1.165, 1.54) is 0 Å². The monoisotopic (exact) mass is 118 g/mol. The van der Waals surface area contributed by atoms with Crippen LogP contribution in [0.5, 0.6) is 0 Å². The van der Waals surface area contributed by atoms with Gasteiger partial charge in [-0.15, -0.1) is 0 Å². The van der Waals surface area contributed by atoms with E-state index in [0.717, 1.165) is 18.3 Å². The van der Waals surface area contributed by atoms with Gasteiger partial charge in [-0.1, -0.05) is 18.2 Å². The van der Waals surface area contributed by atoms with Crippen LogP contribution in [0.3, 0.4) is 0 Å². The van der Waals surface area contributed by atoms with Crippen molar-refractivity contribution in [3.8, 4) is 0 Å². The Hall–Kier alpha value is 0.150. The van der Waals surface area contributed by atoms with E-state index < -0.39 is 0 Å². The zero-order valence-corrected chi connectivity index (χ0v) is 3.92. The van der Waals surface area contributed by atoms with Gasteiger partial charge in [-0.25, -0.2) is 0 Å². The fourth-order valence-corrected chi connectivity index (χ4v) is 0.551. The van der Waals surface area contributed by atoms with Crippen LogP contribution in [0, 0.1) is 0 Å². The van der Waals surface area contributed by atoms with Crippen molar-refractivity contribution in [3.05, 3.63) is 23.8 Å². The van der Waals surface area contributed by atoms with Gasteiger partial charge in [0.2, 0.25) is 0 Å². The van der Waals surface area contributed by atoms with E-state index >= 15 is 0 Å². The number of carbonyl (C=O) groups is 1. The van der Waals surface area contributed by atoms with Crippen molar-refractivity contribution in [2.45, 2.75) is 6.42 Å². The van der Waals surface area contributed by atoms with E-state index in [2.05, 4.69) is 0 Å². The minimum absolute atomic E-state index is 0. The van der Waals surface area contributed by atoms with Gasteiger partial charge in [-0.05, 0) is 12.0 Å². The van der Waals surface area contributed by atoms with E-state index in [-0.39, 0.29) is 29.6 Å². The zero-order chi connectivity index (χ0) is 5.11. The number of hydrogen-bond donors (Lipinski definition) is 0. The number of rotatable bonds is 1. The van der Waals surface area contributed by atoms with Crippen LogP contribution in [-0.4, -0.2) is 35.8 Å². The minimum atomic E-state index is 0. The van der Waals surface area contributed by atoms with Crippen LogP contribution in [0.25, 0.3) is 0 Å². The Morgan fingerprint density at radius 3 is 2.62 bits per heavy atom. The summed E-state index contributed by atoms with van der Waals surface area (Å²) in [6.07, 6.45) is 7.39. The van der Waals surface area contributed by atoms with E-state index in [1.807, 2.05) is 18.2 Å². The Labute approximate surface area is 70.8 Å². The second-order valence-electron chi connectivity index (χ2n) is 1.49. The molecule has 1 nitrogen and oxygen atoms in total. The average Bonchev–Trinajstić information content (AvgIpc) is 2.14.